The zero-order chi connectivity index (χ0) is 27.1. The molecule has 8 atom stereocenters. The quantitative estimate of drug-likeness (QED) is 0.181. The third-order valence-electron chi connectivity index (χ3n) is 11.6. The minimum atomic E-state index is -0.590. The topological polar surface area (TPSA) is 35.5 Å². The number of benzene rings is 1. The van der Waals surface area contributed by atoms with Crippen molar-refractivity contribution in [3.63, 3.8) is 0 Å². The lowest BCUT2D eigenvalue weighted by atomic mass is 9.47. The van der Waals surface area contributed by atoms with Gasteiger partial charge < -0.3 is 9.47 Å². The molecule has 38 heavy (non-hydrogen) atoms. The van der Waals surface area contributed by atoms with Gasteiger partial charge in [0, 0.05) is 6.42 Å². The molecule has 4 aliphatic carbocycles. The Bertz CT molecular complexity index is 1030. The highest BCUT2D eigenvalue weighted by molar-refractivity contribution is 9.10. The van der Waals surface area contributed by atoms with E-state index in [2.05, 4.69) is 56.6 Å². The predicted octanol–water partition coefficient (Wildman–Crippen LogP) is 10.4. The summed E-state index contributed by atoms with van der Waals surface area (Å²) in [5.74, 6) is 5.57. The van der Waals surface area contributed by atoms with Gasteiger partial charge in [0.05, 0.1) is 4.47 Å². The highest BCUT2D eigenvalue weighted by atomic mass is 79.9. The van der Waals surface area contributed by atoms with E-state index in [1.54, 1.807) is 11.6 Å². The summed E-state index contributed by atoms with van der Waals surface area (Å²) in [4.78, 5) is 12.6. The Morgan fingerprint density at radius 1 is 1.03 bits per heavy atom. The second kappa shape index (κ2) is 11.3. The molecular weight excluding hydrogens is 536 g/mol. The van der Waals surface area contributed by atoms with Crippen molar-refractivity contribution in [1.82, 2.24) is 0 Å². The maximum Gasteiger partial charge on any atom is 0.514 e. The van der Waals surface area contributed by atoms with Gasteiger partial charge in [0.1, 0.15) is 11.9 Å². The number of fused-ring (bicyclic) bond motifs is 5. The minimum absolute atomic E-state index is 0.0859. The van der Waals surface area contributed by atoms with Crippen molar-refractivity contribution in [2.75, 3.05) is 0 Å². The van der Waals surface area contributed by atoms with Crippen molar-refractivity contribution in [3.8, 4) is 5.75 Å². The van der Waals surface area contributed by atoms with Crippen molar-refractivity contribution in [2.45, 2.75) is 111 Å². The molecule has 0 aliphatic heterocycles. The maximum absolute atomic E-state index is 12.6. The second-order valence-electron chi connectivity index (χ2n) is 14.1. The molecule has 1 aromatic carbocycles. The molecule has 3 nitrogen and oxygen atoms in total. The first-order valence-corrected chi connectivity index (χ1v) is 16.2. The molecule has 0 radical (unpaired) electrons. The Kier molecular flexibility index (Phi) is 8.40. The molecule has 0 heterocycles. The molecule has 3 saturated carbocycles. The van der Waals surface area contributed by atoms with Crippen LogP contribution < -0.4 is 4.74 Å². The maximum atomic E-state index is 12.6. The van der Waals surface area contributed by atoms with Gasteiger partial charge in [0.15, 0.2) is 0 Å². The van der Waals surface area contributed by atoms with Gasteiger partial charge in [-0.05, 0) is 119 Å². The SMILES string of the molecule is CC(C)CCC[C@@H](C)[C@H]1CC[C@H]2[C@H]3CC=C4C[C@@H](OC(=O)Oc5ccccc5Br)CC[C@]4(C)[C@@H]3CC[C@]12C. The fourth-order valence-electron chi connectivity index (χ4n) is 9.53. The third-order valence-corrected chi connectivity index (χ3v) is 12.2. The van der Waals surface area contributed by atoms with Gasteiger partial charge in [0.25, 0.3) is 0 Å². The molecule has 0 N–H and O–H groups in total. The van der Waals surface area contributed by atoms with Crippen LogP contribution >= 0.6 is 15.9 Å². The summed E-state index contributed by atoms with van der Waals surface area (Å²) >= 11 is 3.44. The molecule has 0 saturated heterocycles. The Labute approximate surface area is 239 Å². The van der Waals surface area contributed by atoms with Gasteiger partial charge >= 0.3 is 6.16 Å². The van der Waals surface area contributed by atoms with Crippen LogP contribution in [0.25, 0.3) is 0 Å². The first kappa shape index (κ1) is 28.2. The fourth-order valence-corrected chi connectivity index (χ4v) is 9.90. The van der Waals surface area contributed by atoms with Crippen molar-refractivity contribution in [2.24, 2.45) is 46.3 Å². The van der Waals surface area contributed by atoms with Gasteiger partial charge in [-0.15, -0.1) is 0 Å². The van der Waals surface area contributed by atoms with Crippen molar-refractivity contribution in [3.05, 3.63) is 40.4 Å². The zero-order valence-electron chi connectivity index (χ0n) is 24.3. The van der Waals surface area contributed by atoms with E-state index in [1.165, 1.54) is 51.4 Å². The molecule has 5 rings (SSSR count). The molecular formula is C34H49BrO3. The van der Waals surface area contributed by atoms with Gasteiger partial charge in [-0.1, -0.05) is 77.7 Å². The van der Waals surface area contributed by atoms with Gasteiger partial charge in [0.2, 0.25) is 0 Å². The first-order valence-electron chi connectivity index (χ1n) is 15.4. The first-order chi connectivity index (χ1) is 18.1. The van der Waals surface area contributed by atoms with E-state index in [0.717, 1.165) is 59.2 Å². The number of carbonyl (C=O) groups excluding carboxylic acids is 1. The molecule has 0 amide bonds. The fraction of sp³-hybridized carbons (Fsp3) is 0.735. The Morgan fingerprint density at radius 2 is 1.82 bits per heavy atom. The van der Waals surface area contributed by atoms with Crippen LogP contribution in [-0.4, -0.2) is 12.3 Å². The van der Waals surface area contributed by atoms with Crippen molar-refractivity contribution < 1.29 is 14.3 Å². The molecule has 1 aromatic rings. The zero-order valence-corrected chi connectivity index (χ0v) is 25.9. The number of ether oxygens (including phenoxy) is 2. The van der Waals surface area contributed by atoms with E-state index in [4.69, 9.17) is 9.47 Å². The molecule has 3 fully saturated rings. The number of halogens is 1. The van der Waals surface area contributed by atoms with Crippen molar-refractivity contribution >= 4 is 22.1 Å². The molecule has 210 valence electrons. The normalized spacial score (nSPS) is 37.0. The molecule has 0 spiro atoms. The molecule has 4 aliphatic rings. The van der Waals surface area contributed by atoms with Crippen LogP contribution in [0.1, 0.15) is 105 Å². The lowest BCUT2D eigenvalue weighted by Crippen LogP contribution is -2.51. The Balaban J connectivity index is 1.22. The van der Waals surface area contributed by atoms with E-state index in [0.29, 0.717) is 11.2 Å². The Morgan fingerprint density at radius 3 is 2.58 bits per heavy atom. The van der Waals surface area contributed by atoms with Gasteiger partial charge in [-0.3, -0.25) is 0 Å². The summed E-state index contributed by atoms with van der Waals surface area (Å²) in [6.07, 6.45) is 15.9. The van der Waals surface area contributed by atoms with Crippen LogP contribution in [0.5, 0.6) is 5.75 Å². The van der Waals surface area contributed by atoms with E-state index in [1.807, 2.05) is 18.2 Å². The number of carbonyl (C=O) groups is 1. The summed E-state index contributed by atoms with van der Waals surface area (Å²) in [5.41, 5.74) is 2.33. The van der Waals surface area contributed by atoms with Crippen LogP contribution in [0.3, 0.4) is 0 Å². The average molecular weight is 586 g/mol. The van der Waals surface area contributed by atoms with Crippen LogP contribution in [0, 0.1) is 46.3 Å². The number of rotatable bonds is 7. The van der Waals surface area contributed by atoms with E-state index in [9.17, 15) is 4.79 Å². The Hall–Kier alpha value is -1.29. The molecule has 0 unspecified atom stereocenters. The summed E-state index contributed by atoms with van der Waals surface area (Å²) < 4.78 is 12.1. The molecule has 0 bridgehead atoms. The molecule has 0 aromatic heterocycles. The van der Waals surface area contributed by atoms with E-state index < -0.39 is 6.16 Å². The third kappa shape index (κ3) is 5.37. The summed E-state index contributed by atoms with van der Waals surface area (Å²) in [6.45, 7) is 12.5. The number of hydrogen-bond acceptors (Lipinski definition) is 3. The van der Waals surface area contributed by atoms with Crippen LogP contribution in [0.2, 0.25) is 0 Å². The van der Waals surface area contributed by atoms with Crippen molar-refractivity contribution in [1.29, 1.82) is 0 Å². The van der Waals surface area contributed by atoms with Crippen LogP contribution in [-0.2, 0) is 4.74 Å². The van der Waals surface area contributed by atoms with Gasteiger partial charge in [-0.25, -0.2) is 4.79 Å². The number of allylic oxidation sites excluding steroid dienone is 1. The van der Waals surface area contributed by atoms with E-state index >= 15 is 0 Å². The van der Waals surface area contributed by atoms with Gasteiger partial charge in [-0.2, -0.15) is 0 Å². The lowest BCUT2D eigenvalue weighted by molar-refractivity contribution is -0.0597. The lowest BCUT2D eigenvalue weighted by Gasteiger charge is -2.58. The number of hydrogen-bond donors (Lipinski definition) is 0. The highest BCUT2D eigenvalue weighted by Crippen LogP contribution is 2.67. The summed E-state index contributed by atoms with van der Waals surface area (Å²) in [6, 6.07) is 7.41. The minimum Gasteiger partial charge on any atom is -0.430 e. The van der Waals surface area contributed by atoms with Crippen LogP contribution in [0.4, 0.5) is 4.79 Å². The highest BCUT2D eigenvalue weighted by Gasteiger charge is 2.59. The number of para-hydroxylation sites is 1. The predicted molar refractivity (Wildman–Crippen MR) is 158 cm³/mol. The summed E-state index contributed by atoms with van der Waals surface area (Å²) in [7, 11) is 0. The van der Waals surface area contributed by atoms with Crippen LogP contribution in [0.15, 0.2) is 40.4 Å². The average Bonchev–Trinajstić information content (AvgIpc) is 3.23. The molecule has 4 heteroatoms. The monoisotopic (exact) mass is 584 g/mol. The largest absolute Gasteiger partial charge is 0.514 e. The van der Waals surface area contributed by atoms with E-state index in [-0.39, 0.29) is 11.5 Å². The summed E-state index contributed by atoms with van der Waals surface area (Å²) in [5, 5.41) is 0. The standard InChI is InChI=1S/C34H49BrO3/c1-22(2)9-8-10-23(3)27-15-16-28-26-14-13-24-21-25(37-32(36)38-31-12-7-6-11-30(31)35)17-19-33(24,4)29(26)18-20-34(27,28)5/h6-7,11-13,22-23,25-29H,8-10,14-21H2,1-5H3/t23-,25+,26-,27-,28+,29-,33+,34-/m1/s1. The second-order valence-corrected chi connectivity index (χ2v) is 14.9. The smallest absolute Gasteiger partial charge is 0.430 e.